The predicted octanol–water partition coefficient (Wildman–Crippen LogP) is 2.68. The molecule has 0 bridgehead atoms. The van der Waals surface area contributed by atoms with Gasteiger partial charge in [0.05, 0.1) is 13.7 Å². The van der Waals surface area contributed by atoms with E-state index in [0.717, 1.165) is 41.4 Å². The van der Waals surface area contributed by atoms with Crippen LogP contribution in [0.15, 0.2) is 35.9 Å². The van der Waals surface area contributed by atoms with Crippen LogP contribution in [-0.2, 0) is 9.59 Å². The van der Waals surface area contributed by atoms with E-state index in [2.05, 4.69) is 20.9 Å². The van der Waals surface area contributed by atoms with Crippen molar-refractivity contribution in [2.75, 3.05) is 46.4 Å². The van der Waals surface area contributed by atoms with Crippen molar-refractivity contribution in [1.82, 2.24) is 19.7 Å². The van der Waals surface area contributed by atoms with Crippen molar-refractivity contribution in [1.29, 1.82) is 5.26 Å². The topological polar surface area (TPSA) is 90.6 Å². The van der Waals surface area contributed by atoms with E-state index >= 15 is 0 Å². The quantitative estimate of drug-likeness (QED) is 0.504. The standard InChI is InChI=1S/C26H33N5O3/c1-5-28-25(32)18-29-11-6-12-30(14-13-29)26(33)22(17-27)16-21-15-19(2)31(20(21)3)23-7-9-24(34-4)10-8-23/h7-10,15-16H,5-6,11-14,18H2,1-4H3,(H,28,32)/b22-16-. The van der Waals surface area contributed by atoms with Gasteiger partial charge in [-0.1, -0.05) is 0 Å². The predicted molar refractivity (Wildman–Crippen MR) is 132 cm³/mol. The van der Waals surface area contributed by atoms with E-state index in [1.807, 2.05) is 51.1 Å². The highest BCUT2D eigenvalue weighted by atomic mass is 16.5. The molecule has 1 fully saturated rings. The lowest BCUT2D eigenvalue weighted by Gasteiger charge is -2.21. The first-order chi connectivity index (χ1) is 16.4. The fraction of sp³-hybridized carbons (Fsp3) is 0.423. The van der Waals surface area contributed by atoms with Gasteiger partial charge >= 0.3 is 0 Å². The minimum Gasteiger partial charge on any atom is -0.497 e. The molecule has 2 amide bonds. The number of nitriles is 1. The Morgan fingerprint density at radius 3 is 2.53 bits per heavy atom. The number of benzene rings is 1. The molecule has 3 rings (SSSR count). The van der Waals surface area contributed by atoms with Gasteiger partial charge in [-0.05, 0) is 69.2 Å². The van der Waals surface area contributed by atoms with Gasteiger partial charge in [-0.15, -0.1) is 0 Å². The third-order valence-corrected chi connectivity index (χ3v) is 6.07. The Morgan fingerprint density at radius 1 is 1.15 bits per heavy atom. The van der Waals surface area contributed by atoms with Gasteiger partial charge in [0.25, 0.3) is 5.91 Å². The number of aryl methyl sites for hydroxylation is 1. The highest BCUT2D eigenvalue weighted by molar-refractivity contribution is 6.01. The summed E-state index contributed by atoms with van der Waals surface area (Å²) in [4.78, 5) is 28.8. The Morgan fingerprint density at radius 2 is 1.88 bits per heavy atom. The second-order valence-corrected chi connectivity index (χ2v) is 8.41. The molecule has 1 aliphatic heterocycles. The van der Waals surface area contributed by atoms with Crippen LogP contribution in [0.25, 0.3) is 11.8 Å². The summed E-state index contributed by atoms with van der Waals surface area (Å²) in [6.45, 7) is 9.21. The van der Waals surface area contributed by atoms with E-state index in [4.69, 9.17) is 4.74 Å². The molecule has 34 heavy (non-hydrogen) atoms. The van der Waals surface area contributed by atoms with Crippen molar-refractivity contribution in [3.05, 3.63) is 52.9 Å². The molecular weight excluding hydrogens is 430 g/mol. The largest absolute Gasteiger partial charge is 0.497 e. The Balaban J connectivity index is 1.76. The minimum atomic E-state index is -0.267. The number of hydrogen-bond acceptors (Lipinski definition) is 5. The summed E-state index contributed by atoms with van der Waals surface area (Å²) >= 11 is 0. The van der Waals surface area contributed by atoms with Crippen molar-refractivity contribution >= 4 is 17.9 Å². The van der Waals surface area contributed by atoms with Crippen molar-refractivity contribution < 1.29 is 14.3 Å². The number of nitrogens with zero attached hydrogens (tertiary/aromatic N) is 4. The molecule has 0 radical (unpaired) electrons. The number of carbonyl (C=O) groups excluding carboxylic acids is 2. The smallest absolute Gasteiger partial charge is 0.264 e. The number of likely N-dealkylation sites (N-methyl/N-ethyl adjacent to an activating group) is 1. The molecule has 0 spiro atoms. The number of aromatic nitrogens is 1. The molecule has 0 unspecified atom stereocenters. The normalized spacial score (nSPS) is 14.9. The first-order valence-electron chi connectivity index (χ1n) is 11.6. The van der Waals surface area contributed by atoms with Gasteiger partial charge < -0.3 is 19.5 Å². The zero-order chi connectivity index (χ0) is 24.7. The van der Waals surface area contributed by atoms with Gasteiger partial charge in [-0.3, -0.25) is 14.5 Å². The van der Waals surface area contributed by atoms with Gasteiger partial charge in [0, 0.05) is 49.8 Å². The zero-order valence-electron chi connectivity index (χ0n) is 20.4. The molecule has 2 aromatic rings. The number of ether oxygens (including phenoxy) is 1. The average molecular weight is 464 g/mol. The second kappa shape index (κ2) is 11.5. The Labute approximate surface area is 201 Å². The van der Waals surface area contributed by atoms with Crippen LogP contribution in [-0.4, -0.2) is 72.6 Å². The fourth-order valence-electron chi connectivity index (χ4n) is 4.32. The van der Waals surface area contributed by atoms with E-state index in [9.17, 15) is 14.9 Å². The van der Waals surface area contributed by atoms with Crippen LogP contribution in [0.1, 0.15) is 30.3 Å². The number of methoxy groups -OCH3 is 1. The molecule has 180 valence electrons. The van der Waals surface area contributed by atoms with Crippen LogP contribution in [0.5, 0.6) is 5.75 Å². The molecular formula is C26H33N5O3. The molecule has 0 atom stereocenters. The molecule has 2 heterocycles. The van der Waals surface area contributed by atoms with E-state index < -0.39 is 0 Å². The van der Waals surface area contributed by atoms with E-state index in [1.165, 1.54) is 0 Å². The molecule has 8 nitrogen and oxygen atoms in total. The molecule has 0 saturated carbocycles. The number of nitrogens with one attached hydrogen (secondary N) is 1. The van der Waals surface area contributed by atoms with Gasteiger partial charge in [0.2, 0.25) is 5.91 Å². The van der Waals surface area contributed by atoms with Crippen LogP contribution < -0.4 is 10.1 Å². The van der Waals surface area contributed by atoms with Gasteiger partial charge in [-0.2, -0.15) is 5.26 Å². The number of hydrogen-bond donors (Lipinski definition) is 1. The highest BCUT2D eigenvalue weighted by Gasteiger charge is 2.23. The van der Waals surface area contributed by atoms with E-state index in [1.54, 1.807) is 18.1 Å². The number of carbonyl (C=O) groups is 2. The van der Waals surface area contributed by atoms with E-state index in [0.29, 0.717) is 32.7 Å². The van der Waals surface area contributed by atoms with Crippen molar-refractivity contribution in [2.45, 2.75) is 27.2 Å². The lowest BCUT2D eigenvalue weighted by Crippen LogP contribution is -2.40. The third kappa shape index (κ3) is 5.86. The average Bonchev–Trinajstić information content (AvgIpc) is 2.97. The van der Waals surface area contributed by atoms with Gasteiger partial charge in [0.1, 0.15) is 17.4 Å². The molecule has 1 saturated heterocycles. The number of rotatable bonds is 7. The fourth-order valence-corrected chi connectivity index (χ4v) is 4.32. The van der Waals surface area contributed by atoms with E-state index in [-0.39, 0.29) is 17.4 Å². The second-order valence-electron chi connectivity index (χ2n) is 8.41. The SMILES string of the molecule is CCNC(=O)CN1CCCN(C(=O)/C(C#N)=C\c2cc(C)n(-c3ccc(OC)cc3)c2C)CC1. The van der Waals surface area contributed by atoms with Crippen LogP contribution in [0.2, 0.25) is 0 Å². The van der Waals surface area contributed by atoms with Crippen molar-refractivity contribution in [3.8, 4) is 17.5 Å². The molecule has 1 N–H and O–H groups in total. The summed E-state index contributed by atoms with van der Waals surface area (Å²) < 4.78 is 7.34. The van der Waals surface area contributed by atoms with Gasteiger partial charge in [0.15, 0.2) is 0 Å². The maximum atomic E-state index is 13.2. The summed E-state index contributed by atoms with van der Waals surface area (Å²) in [6, 6.07) is 11.9. The molecule has 1 aliphatic rings. The van der Waals surface area contributed by atoms with Crippen molar-refractivity contribution in [3.63, 3.8) is 0 Å². The lowest BCUT2D eigenvalue weighted by atomic mass is 10.1. The van der Waals surface area contributed by atoms with Crippen LogP contribution >= 0.6 is 0 Å². The summed E-state index contributed by atoms with van der Waals surface area (Å²) in [5.74, 6) is 0.509. The maximum Gasteiger partial charge on any atom is 0.264 e. The molecule has 1 aromatic carbocycles. The summed E-state index contributed by atoms with van der Waals surface area (Å²) in [7, 11) is 1.63. The summed E-state index contributed by atoms with van der Waals surface area (Å²) in [6.07, 6.45) is 2.44. The van der Waals surface area contributed by atoms with Crippen LogP contribution in [0.3, 0.4) is 0 Å². The van der Waals surface area contributed by atoms with Crippen molar-refractivity contribution in [2.24, 2.45) is 0 Å². The zero-order valence-corrected chi connectivity index (χ0v) is 20.4. The molecule has 8 heteroatoms. The third-order valence-electron chi connectivity index (χ3n) is 6.07. The highest BCUT2D eigenvalue weighted by Crippen LogP contribution is 2.24. The van der Waals surface area contributed by atoms with Crippen LogP contribution in [0, 0.1) is 25.2 Å². The monoisotopic (exact) mass is 463 g/mol. The Kier molecular flexibility index (Phi) is 8.50. The van der Waals surface area contributed by atoms with Gasteiger partial charge in [-0.25, -0.2) is 0 Å². The molecule has 1 aromatic heterocycles. The minimum absolute atomic E-state index is 0.00731. The maximum absolute atomic E-state index is 13.2. The first-order valence-corrected chi connectivity index (χ1v) is 11.6. The van der Waals surface area contributed by atoms with Crippen LogP contribution in [0.4, 0.5) is 0 Å². The Hall–Kier alpha value is -3.57. The summed E-state index contributed by atoms with van der Waals surface area (Å²) in [5, 5.41) is 12.6. The summed E-state index contributed by atoms with van der Waals surface area (Å²) in [5.41, 5.74) is 3.90. The molecule has 0 aliphatic carbocycles. The number of amides is 2. The Bertz CT molecular complexity index is 1090. The first kappa shape index (κ1) is 25.1. The lowest BCUT2D eigenvalue weighted by molar-refractivity contribution is -0.126.